The van der Waals surface area contributed by atoms with Crippen LogP contribution in [0.1, 0.15) is 55.2 Å². The first kappa shape index (κ1) is 25.2. The molecule has 0 saturated heterocycles. The predicted molar refractivity (Wildman–Crippen MR) is 136 cm³/mol. The zero-order chi connectivity index (χ0) is 25.3. The number of nitrogens with one attached hydrogen (secondary N) is 1. The van der Waals surface area contributed by atoms with Crippen LogP contribution in [0.3, 0.4) is 0 Å². The van der Waals surface area contributed by atoms with E-state index < -0.39 is 10.0 Å². The fourth-order valence-corrected chi connectivity index (χ4v) is 6.32. The summed E-state index contributed by atoms with van der Waals surface area (Å²) in [6, 6.07) is 9.14. The Kier molecular flexibility index (Phi) is 7.19. The number of fused-ring (bicyclic) bond motifs is 2. The van der Waals surface area contributed by atoms with Crippen LogP contribution in [0.2, 0.25) is 0 Å². The number of hydrogen-bond acceptors (Lipinski definition) is 5. The third-order valence-electron chi connectivity index (χ3n) is 6.68. The molecule has 1 amide bonds. The lowest BCUT2D eigenvalue weighted by Crippen LogP contribution is -2.32. The van der Waals surface area contributed by atoms with Crippen LogP contribution in [0.5, 0.6) is 5.75 Å². The van der Waals surface area contributed by atoms with Crippen molar-refractivity contribution in [3.05, 3.63) is 52.8 Å². The van der Waals surface area contributed by atoms with Gasteiger partial charge in [0, 0.05) is 45.0 Å². The van der Waals surface area contributed by atoms with Gasteiger partial charge in [0.15, 0.2) is 0 Å². The van der Waals surface area contributed by atoms with E-state index in [2.05, 4.69) is 22.4 Å². The van der Waals surface area contributed by atoms with E-state index in [4.69, 9.17) is 4.74 Å². The quantitative estimate of drug-likeness (QED) is 0.510. The van der Waals surface area contributed by atoms with Crippen molar-refractivity contribution in [2.45, 2.75) is 57.9 Å². The molecule has 1 atom stereocenters. The molecule has 8 nitrogen and oxygen atoms in total. The number of nitrogens with zero attached hydrogens (tertiary/aromatic N) is 3. The van der Waals surface area contributed by atoms with Gasteiger partial charge in [0.1, 0.15) is 11.6 Å². The normalized spacial score (nSPS) is 15.8. The Bertz CT molecular complexity index is 1360. The largest absolute Gasteiger partial charge is 0.493 e. The molecule has 0 saturated carbocycles. The summed E-state index contributed by atoms with van der Waals surface area (Å²) in [7, 11) is -1.67. The van der Waals surface area contributed by atoms with Gasteiger partial charge in [-0.25, -0.2) is 13.4 Å². The predicted octanol–water partition coefficient (Wildman–Crippen LogP) is 3.79. The van der Waals surface area contributed by atoms with Gasteiger partial charge in [-0.2, -0.15) is 4.31 Å². The molecule has 0 spiro atoms. The Labute approximate surface area is 207 Å². The molecule has 1 aromatic heterocycles. The van der Waals surface area contributed by atoms with Crippen LogP contribution < -0.4 is 10.1 Å². The maximum atomic E-state index is 12.9. The number of carbonyl (C=O) groups excluding carboxylic acids is 1. The van der Waals surface area contributed by atoms with Crippen LogP contribution in [0.25, 0.3) is 11.0 Å². The summed E-state index contributed by atoms with van der Waals surface area (Å²) < 4.78 is 35.0. The molecule has 9 heteroatoms. The highest BCUT2D eigenvalue weighted by molar-refractivity contribution is 7.89. The Hall–Kier alpha value is -2.91. The van der Waals surface area contributed by atoms with Crippen molar-refractivity contribution in [2.75, 3.05) is 19.7 Å². The molecule has 0 fully saturated rings. The molecule has 1 aliphatic heterocycles. The minimum absolute atomic E-state index is 0.0427. The summed E-state index contributed by atoms with van der Waals surface area (Å²) in [5, 5.41) is 3.17. The number of hydrogen-bond donors (Lipinski definition) is 1. The van der Waals surface area contributed by atoms with Crippen LogP contribution in [-0.2, 0) is 28.3 Å². The molecule has 0 aliphatic carbocycles. The number of sulfonamides is 1. The van der Waals surface area contributed by atoms with Crippen LogP contribution in [-0.4, -0.2) is 47.9 Å². The molecule has 0 radical (unpaired) electrons. The number of amides is 1. The summed E-state index contributed by atoms with van der Waals surface area (Å²) in [5.41, 5.74) is 4.71. The molecular weight excluding hydrogens is 464 g/mol. The molecule has 0 bridgehead atoms. The van der Waals surface area contributed by atoms with Gasteiger partial charge in [-0.15, -0.1) is 0 Å². The van der Waals surface area contributed by atoms with E-state index in [-0.39, 0.29) is 16.8 Å². The second-order valence-electron chi connectivity index (χ2n) is 9.08. The third-order valence-corrected chi connectivity index (χ3v) is 8.72. The lowest BCUT2D eigenvalue weighted by molar-refractivity contribution is -0.122. The molecule has 35 heavy (non-hydrogen) atoms. The third kappa shape index (κ3) is 4.92. The molecule has 4 rings (SSSR count). The number of imidazole rings is 1. The summed E-state index contributed by atoms with van der Waals surface area (Å²) >= 11 is 0. The monoisotopic (exact) mass is 498 g/mol. The summed E-state index contributed by atoms with van der Waals surface area (Å²) in [4.78, 5) is 17.7. The van der Waals surface area contributed by atoms with Gasteiger partial charge in [-0.1, -0.05) is 31.5 Å². The second kappa shape index (κ2) is 9.99. The van der Waals surface area contributed by atoms with Crippen molar-refractivity contribution in [3.8, 4) is 5.75 Å². The first-order valence-corrected chi connectivity index (χ1v) is 13.6. The van der Waals surface area contributed by atoms with Gasteiger partial charge in [-0.3, -0.25) is 4.79 Å². The lowest BCUT2D eigenvalue weighted by Gasteiger charge is -2.28. The number of rotatable bonds is 8. The first-order chi connectivity index (χ1) is 16.6. The molecule has 1 unspecified atom stereocenters. The van der Waals surface area contributed by atoms with Crippen molar-refractivity contribution in [1.29, 1.82) is 0 Å². The van der Waals surface area contributed by atoms with E-state index in [9.17, 15) is 13.2 Å². The van der Waals surface area contributed by atoms with Crippen LogP contribution in [0.15, 0.2) is 35.2 Å². The van der Waals surface area contributed by atoms with Crippen molar-refractivity contribution in [2.24, 2.45) is 7.05 Å². The van der Waals surface area contributed by atoms with E-state index in [1.165, 1.54) is 4.31 Å². The fourth-order valence-electron chi connectivity index (χ4n) is 4.85. The van der Waals surface area contributed by atoms with Crippen molar-refractivity contribution >= 4 is 27.0 Å². The van der Waals surface area contributed by atoms with E-state index >= 15 is 0 Å². The van der Waals surface area contributed by atoms with Crippen molar-refractivity contribution in [3.63, 3.8) is 0 Å². The Balaban J connectivity index is 1.48. The highest BCUT2D eigenvalue weighted by atomic mass is 32.2. The lowest BCUT2D eigenvalue weighted by atomic mass is 9.95. The smallest absolute Gasteiger partial charge is 0.243 e. The number of aryl methyl sites for hydroxylation is 4. The molecule has 2 heterocycles. The zero-order valence-electron chi connectivity index (χ0n) is 21.1. The average Bonchev–Trinajstić information content (AvgIpc) is 3.13. The second-order valence-corrected chi connectivity index (χ2v) is 11.0. The summed E-state index contributed by atoms with van der Waals surface area (Å²) in [6.45, 7) is 9.12. The van der Waals surface area contributed by atoms with Gasteiger partial charge < -0.3 is 14.6 Å². The molecule has 1 aliphatic rings. The highest BCUT2D eigenvalue weighted by Gasteiger charge is 2.25. The van der Waals surface area contributed by atoms with Crippen molar-refractivity contribution < 1.29 is 17.9 Å². The first-order valence-electron chi connectivity index (χ1n) is 12.1. The van der Waals surface area contributed by atoms with Gasteiger partial charge in [-0.05, 0) is 37.6 Å². The fraction of sp³-hybridized carbons (Fsp3) is 0.462. The average molecular weight is 499 g/mol. The molecule has 1 N–H and O–H groups in total. The number of benzene rings is 2. The van der Waals surface area contributed by atoms with Crippen LogP contribution in [0, 0.1) is 13.8 Å². The van der Waals surface area contributed by atoms with Crippen LogP contribution >= 0.6 is 0 Å². The van der Waals surface area contributed by atoms with E-state index in [1.54, 1.807) is 18.2 Å². The van der Waals surface area contributed by atoms with Crippen LogP contribution in [0.4, 0.5) is 0 Å². The Morgan fingerprint density at radius 1 is 1.20 bits per heavy atom. The minimum atomic E-state index is -3.56. The molecule has 2 aromatic carbocycles. The standard InChI is InChI=1S/C26H34N4O4S/c1-6-30(7-2)35(32,33)19-8-9-23-22(16-19)27-24(29(23)5)10-11-25(31)28-21-12-13-34-26-18(4)14-17(3)15-20(21)26/h8-9,14-16,21H,6-7,10-13H2,1-5H3,(H,28,31). The number of ether oxygens (including phenoxy) is 1. The minimum Gasteiger partial charge on any atom is -0.493 e. The van der Waals surface area contributed by atoms with Crippen molar-refractivity contribution in [1.82, 2.24) is 19.2 Å². The summed E-state index contributed by atoms with van der Waals surface area (Å²) in [5.74, 6) is 1.57. The maximum Gasteiger partial charge on any atom is 0.243 e. The van der Waals surface area contributed by atoms with Gasteiger partial charge >= 0.3 is 0 Å². The SMILES string of the molecule is CCN(CC)S(=O)(=O)c1ccc2c(c1)nc(CCC(=O)NC1CCOc3c(C)cc(C)cc31)n2C. The zero-order valence-corrected chi connectivity index (χ0v) is 21.9. The molecule has 188 valence electrons. The van der Waals surface area contributed by atoms with E-state index in [1.807, 2.05) is 39.3 Å². The molecular formula is C26H34N4O4S. The topological polar surface area (TPSA) is 93.5 Å². The highest BCUT2D eigenvalue weighted by Crippen LogP contribution is 2.35. The number of carbonyl (C=O) groups is 1. The van der Waals surface area contributed by atoms with E-state index in [0.717, 1.165) is 40.2 Å². The number of aromatic nitrogens is 2. The van der Waals surface area contributed by atoms with Gasteiger partial charge in [0.25, 0.3) is 0 Å². The molecule has 3 aromatic rings. The van der Waals surface area contributed by atoms with E-state index in [0.29, 0.717) is 38.1 Å². The maximum absolute atomic E-state index is 12.9. The van der Waals surface area contributed by atoms with Gasteiger partial charge in [0.2, 0.25) is 15.9 Å². The summed E-state index contributed by atoms with van der Waals surface area (Å²) in [6.07, 6.45) is 1.48. The Morgan fingerprint density at radius 3 is 2.66 bits per heavy atom. The van der Waals surface area contributed by atoms with Gasteiger partial charge in [0.05, 0.1) is 28.6 Å². The Morgan fingerprint density at radius 2 is 1.94 bits per heavy atom.